The van der Waals surface area contributed by atoms with Crippen LogP contribution in [0.15, 0.2) is 30.3 Å². The van der Waals surface area contributed by atoms with E-state index < -0.39 is 22.3 Å². The van der Waals surface area contributed by atoms with Crippen molar-refractivity contribution in [1.29, 1.82) is 0 Å². The van der Waals surface area contributed by atoms with Gasteiger partial charge in [-0.25, -0.2) is 5.01 Å². The summed E-state index contributed by atoms with van der Waals surface area (Å²) in [6, 6.07) is 7.79. The highest BCUT2D eigenvalue weighted by Gasteiger charge is 2.34. The van der Waals surface area contributed by atoms with Gasteiger partial charge in [0, 0.05) is 11.6 Å². The van der Waals surface area contributed by atoms with E-state index in [1.165, 1.54) is 12.1 Å². The molecule has 164 valence electrons. The summed E-state index contributed by atoms with van der Waals surface area (Å²) in [5.74, 6) is -0.320. The first-order chi connectivity index (χ1) is 14.5. The third kappa shape index (κ3) is 4.52. The number of hydrogen-bond acceptors (Lipinski definition) is 5. The maximum absolute atomic E-state index is 13.3. The third-order valence-electron chi connectivity index (χ3n) is 5.30. The van der Waals surface area contributed by atoms with Crippen LogP contribution >= 0.6 is 0 Å². The molecule has 3 rings (SSSR count). The van der Waals surface area contributed by atoms with E-state index in [0.29, 0.717) is 17.7 Å². The van der Waals surface area contributed by atoms with Crippen LogP contribution in [-0.2, 0) is 6.42 Å². The largest absolute Gasteiger partial charge is 0.493 e. The molecular formula is C23H27N3O5. The summed E-state index contributed by atoms with van der Waals surface area (Å²) >= 11 is 0. The Balaban J connectivity index is 1.97. The third-order valence-corrected chi connectivity index (χ3v) is 5.30. The van der Waals surface area contributed by atoms with E-state index in [-0.39, 0.29) is 11.3 Å². The van der Waals surface area contributed by atoms with Crippen LogP contribution in [0.5, 0.6) is 5.75 Å². The van der Waals surface area contributed by atoms with E-state index in [4.69, 9.17) is 4.74 Å². The van der Waals surface area contributed by atoms with Gasteiger partial charge in [0.05, 0.1) is 17.1 Å². The summed E-state index contributed by atoms with van der Waals surface area (Å²) in [7, 11) is 0. The van der Waals surface area contributed by atoms with E-state index >= 15 is 0 Å². The summed E-state index contributed by atoms with van der Waals surface area (Å²) in [5, 5.41) is 12.6. The molecule has 8 heteroatoms. The standard InChI is InChI=1S/C23H27N3O5/c1-14-8-10-19(26(29)30)18(13-14)22(28)25(23(3,4)5)24-21(27)17-9-11-20-16(15(17)2)7-6-12-31-20/h8-11,13H,6-7,12H2,1-5H3,(H,24,27). The fourth-order valence-corrected chi connectivity index (χ4v) is 3.64. The number of carbonyl (C=O) groups is 2. The van der Waals surface area contributed by atoms with Crippen molar-refractivity contribution < 1.29 is 19.2 Å². The number of amides is 2. The summed E-state index contributed by atoms with van der Waals surface area (Å²) in [6.45, 7) is 9.51. The first-order valence-corrected chi connectivity index (χ1v) is 10.2. The number of aryl methyl sites for hydroxylation is 1. The van der Waals surface area contributed by atoms with Crippen molar-refractivity contribution in [3.63, 3.8) is 0 Å². The molecule has 31 heavy (non-hydrogen) atoms. The Bertz CT molecular complexity index is 1060. The zero-order valence-electron chi connectivity index (χ0n) is 18.4. The number of hydrazine groups is 1. The summed E-state index contributed by atoms with van der Waals surface area (Å²) in [5.41, 5.74) is 4.42. The van der Waals surface area contributed by atoms with E-state index in [1.807, 2.05) is 6.92 Å². The highest BCUT2D eigenvalue weighted by molar-refractivity contribution is 6.02. The zero-order valence-corrected chi connectivity index (χ0v) is 18.4. The summed E-state index contributed by atoms with van der Waals surface area (Å²) in [6.07, 6.45) is 1.70. The number of ether oxygens (including phenoxy) is 1. The second-order valence-electron chi connectivity index (χ2n) is 8.70. The Morgan fingerprint density at radius 1 is 1.13 bits per heavy atom. The van der Waals surface area contributed by atoms with Crippen molar-refractivity contribution in [2.24, 2.45) is 0 Å². The van der Waals surface area contributed by atoms with Crippen molar-refractivity contribution in [2.75, 3.05) is 6.61 Å². The Labute approximate surface area is 181 Å². The van der Waals surface area contributed by atoms with Crippen LogP contribution in [-0.4, -0.2) is 33.9 Å². The first-order valence-electron chi connectivity index (χ1n) is 10.2. The number of nitrogens with one attached hydrogen (secondary N) is 1. The molecule has 8 nitrogen and oxygen atoms in total. The van der Waals surface area contributed by atoms with Gasteiger partial charge < -0.3 is 4.74 Å². The maximum Gasteiger partial charge on any atom is 0.282 e. The van der Waals surface area contributed by atoms with Crippen LogP contribution in [0, 0.1) is 24.0 Å². The van der Waals surface area contributed by atoms with Crippen molar-refractivity contribution in [1.82, 2.24) is 10.4 Å². The summed E-state index contributed by atoms with van der Waals surface area (Å²) in [4.78, 5) is 37.4. The lowest BCUT2D eigenvalue weighted by molar-refractivity contribution is -0.385. The molecule has 0 spiro atoms. The number of nitro groups is 1. The van der Waals surface area contributed by atoms with Gasteiger partial charge in [0.2, 0.25) is 0 Å². The van der Waals surface area contributed by atoms with Crippen LogP contribution in [0.25, 0.3) is 0 Å². The number of carbonyl (C=O) groups excluding carboxylic acids is 2. The van der Waals surface area contributed by atoms with Crippen molar-refractivity contribution in [3.8, 4) is 5.75 Å². The van der Waals surface area contributed by atoms with Gasteiger partial charge in [-0.3, -0.25) is 25.1 Å². The molecule has 0 saturated carbocycles. The number of nitrogens with zero attached hydrogens (tertiary/aromatic N) is 2. The lowest BCUT2D eigenvalue weighted by Crippen LogP contribution is -2.56. The average Bonchev–Trinajstić information content (AvgIpc) is 2.70. The lowest BCUT2D eigenvalue weighted by Gasteiger charge is -2.35. The molecule has 1 aliphatic heterocycles. The van der Waals surface area contributed by atoms with Gasteiger partial charge >= 0.3 is 0 Å². The second kappa shape index (κ2) is 8.37. The molecular weight excluding hydrogens is 398 g/mol. The topological polar surface area (TPSA) is 102 Å². The van der Waals surface area contributed by atoms with Gasteiger partial charge in [-0.05, 0) is 82.3 Å². The minimum atomic E-state index is -0.824. The monoisotopic (exact) mass is 425 g/mol. The quantitative estimate of drug-likeness (QED) is 0.589. The molecule has 0 saturated heterocycles. The van der Waals surface area contributed by atoms with Crippen molar-refractivity contribution >= 4 is 17.5 Å². The van der Waals surface area contributed by atoms with Gasteiger partial charge in [-0.15, -0.1) is 0 Å². The molecule has 2 aromatic rings. The van der Waals surface area contributed by atoms with Crippen LogP contribution < -0.4 is 10.2 Å². The molecule has 1 heterocycles. The molecule has 0 unspecified atom stereocenters. The van der Waals surface area contributed by atoms with Crippen molar-refractivity contribution in [3.05, 3.63) is 68.3 Å². The van der Waals surface area contributed by atoms with E-state index in [9.17, 15) is 19.7 Å². The second-order valence-corrected chi connectivity index (χ2v) is 8.70. The predicted molar refractivity (Wildman–Crippen MR) is 116 cm³/mol. The van der Waals surface area contributed by atoms with E-state index in [0.717, 1.165) is 34.7 Å². The summed E-state index contributed by atoms with van der Waals surface area (Å²) < 4.78 is 5.66. The van der Waals surface area contributed by atoms with E-state index in [1.54, 1.807) is 45.9 Å². The Morgan fingerprint density at radius 2 is 1.84 bits per heavy atom. The fourth-order valence-electron chi connectivity index (χ4n) is 3.64. The van der Waals surface area contributed by atoms with Crippen LogP contribution in [0.3, 0.4) is 0 Å². The molecule has 1 aliphatic rings. The highest BCUT2D eigenvalue weighted by atomic mass is 16.6. The molecule has 0 radical (unpaired) electrons. The molecule has 0 bridgehead atoms. The van der Waals surface area contributed by atoms with Gasteiger partial charge in [0.15, 0.2) is 0 Å². The number of hydrogen-bond donors (Lipinski definition) is 1. The Kier molecular flexibility index (Phi) is 6.01. The molecule has 0 fully saturated rings. The molecule has 1 N–H and O–H groups in total. The van der Waals surface area contributed by atoms with Crippen LogP contribution in [0.4, 0.5) is 5.69 Å². The lowest BCUT2D eigenvalue weighted by atomic mass is 9.96. The molecule has 2 aromatic carbocycles. The van der Waals surface area contributed by atoms with Gasteiger partial charge in [0.1, 0.15) is 11.3 Å². The molecule has 0 aromatic heterocycles. The Hall–Kier alpha value is -3.42. The van der Waals surface area contributed by atoms with Gasteiger partial charge in [-0.1, -0.05) is 6.07 Å². The average molecular weight is 425 g/mol. The zero-order chi connectivity index (χ0) is 22.9. The fraction of sp³-hybridized carbons (Fsp3) is 0.391. The van der Waals surface area contributed by atoms with Crippen LogP contribution in [0.2, 0.25) is 0 Å². The molecule has 0 aliphatic carbocycles. The SMILES string of the molecule is Cc1ccc([N+](=O)[O-])c(C(=O)N(NC(=O)c2ccc3c(c2C)CCCO3)C(C)(C)C)c1. The molecule has 0 atom stereocenters. The van der Waals surface area contributed by atoms with Gasteiger partial charge in [0.25, 0.3) is 17.5 Å². The molecule has 2 amide bonds. The smallest absolute Gasteiger partial charge is 0.282 e. The Morgan fingerprint density at radius 3 is 2.48 bits per heavy atom. The number of nitro benzene ring substituents is 1. The van der Waals surface area contributed by atoms with E-state index in [2.05, 4.69) is 5.43 Å². The minimum Gasteiger partial charge on any atom is -0.493 e. The highest BCUT2D eigenvalue weighted by Crippen LogP contribution is 2.30. The van der Waals surface area contributed by atoms with Crippen LogP contribution in [0.1, 0.15) is 64.6 Å². The predicted octanol–water partition coefficient (Wildman–Crippen LogP) is 4.12. The first kappa shape index (κ1) is 22.3. The normalized spacial score (nSPS) is 13.1. The number of rotatable bonds is 3. The van der Waals surface area contributed by atoms with Crippen molar-refractivity contribution in [2.45, 2.75) is 53.0 Å². The van der Waals surface area contributed by atoms with Gasteiger partial charge in [-0.2, -0.15) is 0 Å². The number of fused-ring (bicyclic) bond motifs is 1. The number of benzene rings is 2. The maximum atomic E-state index is 13.3. The minimum absolute atomic E-state index is 0.0733.